The van der Waals surface area contributed by atoms with Crippen LogP contribution >= 0.6 is 0 Å². The second kappa shape index (κ2) is 5.16. The van der Waals surface area contributed by atoms with Gasteiger partial charge < -0.3 is 10.6 Å². The number of fused-ring (bicyclic) bond motifs is 1. The van der Waals surface area contributed by atoms with Crippen molar-refractivity contribution in [3.63, 3.8) is 0 Å². The topological polar surface area (TPSA) is 66.0 Å². The molecule has 1 aliphatic carbocycles. The summed E-state index contributed by atoms with van der Waals surface area (Å²) in [5.74, 6) is 0.286. The van der Waals surface area contributed by atoms with Gasteiger partial charge in [-0.25, -0.2) is 9.37 Å². The number of nitrogens with zero attached hydrogens (tertiary/aromatic N) is 2. The lowest BCUT2D eigenvalue weighted by Crippen LogP contribution is -2.21. The van der Waals surface area contributed by atoms with Gasteiger partial charge in [0.15, 0.2) is 0 Å². The zero-order valence-corrected chi connectivity index (χ0v) is 11.9. The first-order valence-corrected chi connectivity index (χ1v) is 6.93. The summed E-state index contributed by atoms with van der Waals surface area (Å²) >= 11 is 0. The number of pyridine rings is 1. The molecule has 0 aliphatic heterocycles. The molecule has 21 heavy (non-hydrogen) atoms. The molecule has 0 unspecified atom stereocenters. The van der Waals surface area contributed by atoms with Crippen LogP contribution in [0.5, 0.6) is 0 Å². The van der Waals surface area contributed by atoms with E-state index in [1.807, 2.05) is 19.2 Å². The summed E-state index contributed by atoms with van der Waals surface area (Å²) in [5, 5.41) is 7.77. The Morgan fingerprint density at radius 3 is 2.86 bits per heavy atom. The molecule has 4 nitrogen and oxygen atoms in total. The standard InChI is InChI=1S/C16H17FN4/c1-21(12-6-3-5-11(17)9-12)16-13(15(18)19)8-10-4-2-7-14(10)20-16/h3,5-6,8-9H,2,4,7H2,1H3,(H3,18,19). The first kappa shape index (κ1) is 13.5. The van der Waals surface area contributed by atoms with Gasteiger partial charge in [0.05, 0.1) is 5.56 Å². The van der Waals surface area contributed by atoms with Crippen molar-refractivity contribution in [3.8, 4) is 0 Å². The van der Waals surface area contributed by atoms with E-state index in [-0.39, 0.29) is 11.7 Å². The van der Waals surface area contributed by atoms with Gasteiger partial charge in [-0.15, -0.1) is 0 Å². The number of aromatic nitrogens is 1. The second-order valence-electron chi connectivity index (χ2n) is 5.27. The molecule has 3 N–H and O–H groups in total. The summed E-state index contributed by atoms with van der Waals surface area (Å²) in [6.07, 6.45) is 3.00. The summed E-state index contributed by atoms with van der Waals surface area (Å²) in [6, 6.07) is 8.25. The number of hydrogen-bond donors (Lipinski definition) is 2. The van der Waals surface area contributed by atoms with Crippen molar-refractivity contribution in [2.24, 2.45) is 5.73 Å². The average molecular weight is 284 g/mol. The van der Waals surface area contributed by atoms with Crippen molar-refractivity contribution in [2.75, 3.05) is 11.9 Å². The van der Waals surface area contributed by atoms with E-state index in [4.69, 9.17) is 11.1 Å². The predicted octanol–water partition coefficient (Wildman–Crippen LogP) is 2.76. The van der Waals surface area contributed by atoms with E-state index >= 15 is 0 Å². The van der Waals surface area contributed by atoms with Crippen LogP contribution < -0.4 is 10.6 Å². The van der Waals surface area contributed by atoms with Crippen molar-refractivity contribution in [1.82, 2.24) is 4.98 Å². The van der Waals surface area contributed by atoms with E-state index in [1.165, 1.54) is 12.1 Å². The van der Waals surface area contributed by atoms with Gasteiger partial charge in [-0.05, 0) is 49.1 Å². The van der Waals surface area contributed by atoms with Crippen LogP contribution in [-0.2, 0) is 12.8 Å². The van der Waals surface area contributed by atoms with E-state index in [0.29, 0.717) is 17.1 Å². The molecule has 5 heteroatoms. The van der Waals surface area contributed by atoms with Gasteiger partial charge in [0, 0.05) is 18.4 Å². The predicted molar refractivity (Wildman–Crippen MR) is 81.7 cm³/mol. The number of amidine groups is 1. The molecule has 0 saturated heterocycles. The number of anilines is 2. The quantitative estimate of drug-likeness (QED) is 0.673. The molecule has 0 atom stereocenters. The molecule has 1 aromatic heterocycles. The van der Waals surface area contributed by atoms with Crippen LogP contribution in [0.3, 0.4) is 0 Å². The van der Waals surface area contributed by atoms with Gasteiger partial charge in [0.25, 0.3) is 0 Å². The molecule has 0 bridgehead atoms. The number of nitrogens with one attached hydrogen (secondary N) is 1. The summed E-state index contributed by atoms with van der Waals surface area (Å²) < 4.78 is 13.4. The molecule has 108 valence electrons. The van der Waals surface area contributed by atoms with Crippen molar-refractivity contribution in [2.45, 2.75) is 19.3 Å². The number of rotatable bonds is 3. The molecule has 1 heterocycles. The Balaban J connectivity index is 2.10. The molecule has 3 rings (SSSR count). The Bertz CT molecular complexity index is 711. The highest BCUT2D eigenvalue weighted by Crippen LogP contribution is 2.30. The minimum Gasteiger partial charge on any atom is -0.384 e. The highest BCUT2D eigenvalue weighted by molar-refractivity contribution is 6.00. The molecule has 0 radical (unpaired) electrons. The molecule has 1 aromatic carbocycles. The molecule has 1 aliphatic rings. The Kier molecular flexibility index (Phi) is 3.33. The van der Waals surface area contributed by atoms with Crippen LogP contribution in [0.15, 0.2) is 30.3 Å². The van der Waals surface area contributed by atoms with Gasteiger partial charge in [-0.1, -0.05) is 6.07 Å². The zero-order valence-electron chi connectivity index (χ0n) is 11.9. The van der Waals surface area contributed by atoms with E-state index < -0.39 is 0 Å². The number of aryl methyl sites for hydroxylation is 2. The van der Waals surface area contributed by atoms with Crippen LogP contribution in [0.1, 0.15) is 23.2 Å². The first-order chi connectivity index (χ1) is 10.1. The fraction of sp³-hybridized carbons (Fsp3) is 0.250. The van der Waals surface area contributed by atoms with Crippen LogP contribution in [0.25, 0.3) is 0 Å². The normalized spacial score (nSPS) is 13.0. The Hall–Kier alpha value is -2.43. The lowest BCUT2D eigenvalue weighted by molar-refractivity contribution is 0.628. The summed E-state index contributed by atoms with van der Waals surface area (Å²) in [4.78, 5) is 6.44. The number of nitrogen functional groups attached to an aromatic ring is 1. The van der Waals surface area contributed by atoms with Gasteiger partial charge >= 0.3 is 0 Å². The Labute approximate surface area is 122 Å². The first-order valence-electron chi connectivity index (χ1n) is 6.93. The van der Waals surface area contributed by atoms with Crippen molar-refractivity contribution in [3.05, 3.63) is 53.0 Å². The van der Waals surface area contributed by atoms with E-state index in [2.05, 4.69) is 4.98 Å². The molecule has 2 aromatic rings. The monoisotopic (exact) mass is 284 g/mol. The van der Waals surface area contributed by atoms with Gasteiger partial charge in [0.2, 0.25) is 0 Å². The second-order valence-corrected chi connectivity index (χ2v) is 5.27. The minimum atomic E-state index is -0.301. The lowest BCUT2D eigenvalue weighted by Gasteiger charge is -2.22. The molecule has 0 fully saturated rings. The third-order valence-corrected chi connectivity index (χ3v) is 3.83. The summed E-state index contributed by atoms with van der Waals surface area (Å²) in [5.41, 5.74) is 9.20. The van der Waals surface area contributed by atoms with Crippen LogP contribution in [0, 0.1) is 11.2 Å². The number of halogens is 1. The van der Waals surface area contributed by atoms with Gasteiger partial charge in [0.1, 0.15) is 17.5 Å². The fourth-order valence-electron chi connectivity index (χ4n) is 2.72. The van der Waals surface area contributed by atoms with E-state index in [0.717, 1.165) is 30.5 Å². The number of benzene rings is 1. The van der Waals surface area contributed by atoms with Crippen LogP contribution in [0.2, 0.25) is 0 Å². The average Bonchev–Trinajstić information content (AvgIpc) is 2.92. The van der Waals surface area contributed by atoms with Crippen LogP contribution in [-0.4, -0.2) is 17.9 Å². The fourth-order valence-corrected chi connectivity index (χ4v) is 2.72. The minimum absolute atomic E-state index is 0.0181. The molecular weight excluding hydrogens is 267 g/mol. The summed E-state index contributed by atoms with van der Waals surface area (Å²) in [7, 11) is 1.81. The van der Waals surface area contributed by atoms with E-state index in [9.17, 15) is 4.39 Å². The van der Waals surface area contributed by atoms with Crippen molar-refractivity contribution in [1.29, 1.82) is 5.41 Å². The largest absolute Gasteiger partial charge is 0.384 e. The molecule has 0 amide bonds. The third kappa shape index (κ3) is 2.46. The SMILES string of the molecule is CN(c1cccc(F)c1)c1nc2c(cc1C(=N)N)CCC2. The number of nitrogens with two attached hydrogens (primary N) is 1. The molecular formula is C16H17FN4. The number of hydrogen-bond acceptors (Lipinski definition) is 3. The maximum Gasteiger partial charge on any atom is 0.144 e. The van der Waals surface area contributed by atoms with Crippen LogP contribution in [0.4, 0.5) is 15.9 Å². The maximum atomic E-state index is 13.4. The van der Waals surface area contributed by atoms with Crippen molar-refractivity contribution < 1.29 is 4.39 Å². The Morgan fingerprint density at radius 2 is 2.14 bits per heavy atom. The maximum absolute atomic E-state index is 13.4. The highest BCUT2D eigenvalue weighted by atomic mass is 19.1. The zero-order chi connectivity index (χ0) is 15.0. The molecule has 0 saturated carbocycles. The molecule has 0 spiro atoms. The third-order valence-electron chi connectivity index (χ3n) is 3.83. The summed E-state index contributed by atoms with van der Waals surface area (Å²) in [6.45, 7) is 0. The van der Waals surface area contributed by atoms with Gasteiger partial charge in [-0.2, -0.15) is 0 Å². The highest BCUT2D eigenvalue weighted by Gasteiger charge is 2.20. The van der Waals surface area contributed by atoms with E-state index in [1.54, 1.807) is 11.0 Å². The smallest absolute Gasteiger partial charge is 0.144 e. The Morgan fingerprint density at radius 1 is 1.33 bits per heavy atom. The lowest BCUT2D eigenvalue weighted by atomic mass is 10.1. The van der Waals surface area contributed by atoms with Crippen molar-refractivity contribution >= 4 is 17.3 Å². The van der Waals surface area contributed by atoms with Gasteiger partial charge in [-0.3, -0.25) is 5.41 Å².